The van der Waals surface area contributed by atoms with Crippen LogP contribution < -0.4 is 10.6 Å². The molecule has 0 radical (unpaired) electrons. The van der Waals surface area contributed by atoms with Gasteiger partial charge in [-0.15, -0.1) is 0 Å². The number of aryl methyl sites for hydroxylation is 2. The summed E-state index contributed by atoms with van der Waals surface area (Å²) in [5.74, 6) is 0.536. The molecule has 5 nitrogen and oxygen atoms in total. The molecule has 1 aromatic heterocycles. The van der Waals surface area contributed by atoms with E-state index in [2.05, 4.69) is 46.6 Å². The van der Waals surface area contributed by atoms with Crippen LogP contribution in [0.15, 0.2) is 30.6 Å². The number of nitrogens with one attached hydrogen (secondary N) is 2. The molecule has 1 aromatic carbocycles. The molecule has 1 amide bonds. The van der Waals surface area contributed by atoms with Crippen LogP contribution >= 0.6 is 0 Å². The number of carbonyl (C=O) groups is 1. The van der Waals surface area contributed by atoms with Gasteiger partial charge in [0, 0.05) is 11.7 Å². The summed E-state index contributed by atoms with van der Waals surface area (Å²) in [5.41, 5.74) is 3.53. The number of nitrogens with zero attached hydrogens (tertiary/aromatic N) is 2. The Morgan fingerprint density at radius 2 is 1.73 bits per heavy atom. The highest BCUT2D eigenvalue weighted by Gasteiger charge is 2.15. The molecule has 0 spiro atoms. The Morgan fingerprint density at radius 3 is 2.31 bits per heavy atom. The van der Waals surface area contributed by atoms with Crippen LogP contribution in [-0.2, 0) is 12.8 Å². The van der Waals surface area contributed by atoms with E-state index in [-0.39, 0.29) is 5.91 Å². The molecule has 5 heteroatoms. The Bertz CT molecular complexity index is 714. The lowest BCUT2D eigenvalue weighted by Crippen LogP contribution is -2.23. The number of hydrogen-bond acceptors (Lipinski definition) is 4. The number of anilines is 2. The first-order valence-corrected chi connectivity index (χ1v) is 9.72. The van der Waals surface area contributed by atoms with Gasteiger partial charge in [-0.05, 0) is 36.8 Å². The van der Waals surface area contributed by atoms with Crippen molar-refractivity contribution in [3.05, 3.63) is 47.4 Å². The molecule has 0 bridgehead atoms. The first kappa shape index (κ1) is 18.4. The summed E-state index contributed by atoms with van der Waals surface area (Å²) in [6.07, 6.45) is 11.2. The maximum Gasteiger partial charge on any atom is 0.275 e. The summed E-state index contributed by atoms with van der Waals surface area (Å²) in [5, 5.41) is 6.46. The van der Waals surface area contributed by atoms with E-state index in [1.54, 1.807) is 12.4 Å². The Kier molecular flexibility index (Phi) is 6.21. The average Bonchev–Trinajstić information content (AvgIpc) is 2.69. The van der Waals surface area contributed by atoms with Gasteiger partial charge in [0.05, 0.1) is 12.4 Å². The smallest absolute Gasteiger partial charge is 0.275 e. The van der Waals surface area contributed by atoms with Crippen LogP contribution in [0.3, 0.4) is 0 Å². The normalized spacial score (nSPS) is 14.8. The maximum atomic E-state index is 12.6. The van der Waals surface area contributed by atoms with Crippen LogP contribution in [0.5, 0.6) is 0 Å². The second-order valence-corrected chi connectivity index (χ2v) is 6.88. The van der Waals surface area contributed by atoms with Crippen LogP contribution in [0, 0.1) is 0 Å². The number of rotatable bonds is 6. The SMILES string of the molecule is CCc1cccc(CC)c1NC(=O)c1cnc(NC2CCCCC2)cn1. The van der Waals surface area contributed by atoms with E-state index in [0.29, 0.717) is 11.7 Å². The third-order valence-corrected chi connectivity index (χ3v) is 5.08. The van der Waals surface area contributed by atoms with Crippen molar-refractivity contribution in [3.8, 4) is 0 Å². The molecule has 2 aromatic rings. The minimum Gasteiger partial charge on any atom is -0.366 e. The number of amides is 1. The van der Waals surface area contributed by atoms with E-state index in [0.717, 1.165) is 35.5 Å². The fraction of sp³-hybridized carbons (Fsp3) is 0.476. The standard InChI is InChI=1S/C21H28N4O/c1-3-15-9-8-10-16(4-2)20(15)25-21(26)18-13-23-19(14-22-18)24-17-11-6-5-7-12-17/h8-10,13-14,17H,3-7,11-12H2,1-2H3,(H,23,24)(H,25,26). The fourth-order valence-electron chi connectivity index (χ4n) is 3.56. The van der Waals surface area contributed by atoms with E-state index in [1.165, 1.54) is 32.1 Å². The lowest BCUT2D eigenvalue weighted by molar-refractivity contribution is 0.102. The van der Waals surface area contributed by atoms with Crippen molar-refractivity contribution >= 4 is 17.4 Å². The van der Waals surface area contributed by atoms with Gasteiger partial charge in [0.25, 0.3) is 5.91 Å². The van der Waals surface area contributed by atoms with Gasteiger partial charge < -0.3 is 10.6 Å². The molecule has 1 aliphatic carbocycles. The summed E-state index contributed by atoms with van der Waals surface area (Å²) in [6.45, 7) is 4.19. The van der Waals surface area contributed by atoms with E-state index in [1.807, 2.05) is 6.07 Å². The molecule has 0 unspecified atom stereocenters. The highest BCUT2D eigenvalue weighted by Crippen LogP contribution is 2.23. The van der Waals surface area contributed by atoms with Crippen LogP contribution in [0.2, 0.25) is 0 Å². The molecule has 0 atom stereocenters. The number of hydrogen-bond donors (Lipinski definition) is 2. The quantitative estimate of drug-likeness (QED) is 0.797. The van der Waals surface area contributed by atoms with Crippen molar-refractivity contribution in [2.45, 2.75) is 64.8 Å². The third kappa shape index (κ3) is 4.40. The van der Waals surface area contributed by atoms with Gasteiger partial charge in [0.1, 0.15) is 11.5 Å². The van der Waals surface area contributed by atoms with Crippen LogP contribution in [0.4, 0.5) is 11.5 Å². The zero-order valence-electron chi connectivity index (χ0n) is 15.7. The second kappa shape index (κ2) is 8.79. The highest BCUT2D eigenvalue weighted by molar-refractivity contribution is 6.03. The Labute approximate surface area is 155 Å². The molecule has 26 heavy (non-hydrogen) atoms. The molecule has 1 fully saturated rings. The second-order valence-electron chi connectivity index (χ2n) is 6.88. The molecule has 1 heterocycles. The van der Waals surface area contributed by atoms with Gasteiger partial charge in [0.15, 0.2) is 0 Å². The van der Waals surface area contributed by atoms with E-state index in [4.69, 9.17) is 0 Å². The first-order chi connectivity index (χ1) is 12.7. The van der Waals surface area contributed by atoms with E-state index in [9.17, 15) is 4.79 Å². The monoisotopic (exact) mass is 352 g/mol. The molecule has 2 N–H and O–H groups in total. The van der Waals surface area contributed by atoms with Gasteiger partial charge in [0.2, 0.25) is 0 Å². The number of carbonyl (C=O) groups excluding carboxylic acids is 1. The van der Waals surface area contributed by atoms with E-state index < -0.39 is 0 Å². The number of benzene rings is 1. The fourth-order valence-corrected chi connectivity index (χ4v) is 3.56. The molecular weight excluding hydrogens is 324 g/mol. The van der Waals surface area contributed by atoms with Gasteiger partial charge in [-0.1, -0.05) is 51.3 Å². The Hall–Kier alpha value is -2.43. The Balaban J connectivity index is 1.69. The average molecular weight is 352 g/mol. The van der Waals surface area contributed by atoms with Crippen LogP contribution in [0.1, 0.15) is 67.6 Å². The summed E-state index contributed by atoms with van der Waals surface area (Å²) >= 11 is 0. The summed E-state index contributed by atoms with van der Waals surface area (Å²) in [4.78, 5) is 21.3. The predicted molar refractivity (Wildman–Crippen MR) is 106 cm³/mol. The summed E-state index contributed by atoms with van der Waals surface area (Å²) in [6, 6.07) is 6.62. The zero-order valence-corrected chi connectivity index (χ0v) is 15.7. The van der Waals surface area contributed by atoms with Gasteiger partial charge in [-0.25, -0.2) is 9.97 Å². The molecule has 1 aliphatic rings. The molecule has 138 valence electrons. The van der Waals surface area contributed by atoms with E-state index >= 15 is 0 Å². The first-order valence-electron chi connectivity index (χ1n) is 9.72. The Morgan fingerprint density at radius 1 is 1.04 bits per heavy atom. The molecule has 0 aliphatic heterocycles. The summed E-state index contributed by atoms with van der Waals surface area (Å²) in [7, 11) is 0. The van der Waals surface area contributed by atoms with Gasteiger partial charge in [-0.3, -0.25) is 4.79 Å². The third-order valence-electron chi connectivity index (χ3n) is 5.08. The van der Waals surface area contributed by atoms with Crippen molar-refractivity contribution < 1.29 is 4.79 Å². The van der Waals surface area contributed by atoms with Crippen molar-refractivity contribution in [3.63, 3.8) is 0 Å². The number of aromatic nitrogens is 2. The summed E-state index contributed by atoms with van der Waals surface area (Å²) < 4.78 is 0. The van der Waals surface area contributed by atoms with Crippen molar-refractivity contribution in [1.29, 1.82) is 0 Å². The van der Waals surface area contributed by atoms with Gasteiger partial charge in [-0.2, -0.15) is 0 Å². The zero-order chi connectivity index (χ0) is 18.4. The highest BCUT2D eigenvalue weighted by atomic mass is 16.1. The lowest BCUT2D eigenvalue weighted by atomic mass is 9.96. The van der Waals surface area contributed by atoms with Crippen LogP contribution in [0.25, 0.3) is 0 Å². The van der Waals surface area contributed by atoms with Crippen molar-refractivity contribution in [1.82, 2.24) is 9.97 Å². The topological polar surface area (TPSA) is 66.9 Å². The lowest BCUT2D eigenvalue weighted by Gasteiger charge is -2.23. The molecule has 3 rings (SSSR count). The minimum atomic E-state index is -0.211. The van der Waals surface area contributed by atoms with Crippen molar-refractivity contribution in [2.75, 3.05) is 10.6 Å². The van der Waals surface area contributed by atoms with Crippen LogP contribution in [-0.4, -0.2) is 21.9 Å². The molecular formula is C21H28N4O. The number of para-hydroxylation sites is 1. The maximum absolute atomic E-state index is 12.6. The van der Waals surface area contributed by atoms with Crippen molar-refractivity contribution in [2.24, 2.45) is 0 Å². The predicted octanol–water partition coefficient (Wildman–Crippen LogP) is 4.60. The minimum absolute atomic E-state index is 0.211. The van der Waals surface area contributed by atoms with Gasteiger partial charge >= 0.3 is 0 Å². The molecule has 0 saturated heterocycles. The molecule has 1 saturated carbocycles. The largest absolute Gasteiger partial charge is 0.366 e.